The van der Waals surface area contributed by atoms with Crippen LogP contribution in [0.3, 0.4) is 0 Å². The Labute approximate surface area is 180 Å². The van der Waals surface area contributed by atoms with E-state index < -0.39 is 0 Å². The molecule has 0 bridgehead atoms. The first-order valence-corrected chi connectivity index (χ1v) is 10.5. The van der Waals surface area contributed by atoms with Gasteiger partial charge in [-0.25, -0.2) is 4.79 Å². The second-order valence-corrected chi connectivity index (χ2v) is 10.0. The number of benzene rings is 2. The normalized spacial score (nSPS) is 13.2. The Morgan fingerprint density at radius 1 is 0.967 bits per heavy atom. The van der Waals surface area contributed by atoms with Gasteiger partial charge in [-0.2, -0.15) is 0 Å². The Morgan fingerprint density at radius 3 is 2.37 bits per heavy atom. The molecule has 1 heterocycles. The molecule has 0 spiro atoms. The molecule has 158 valence electrons. The minimum Gasteiger partial charge on any atom is -0.331 e. The van der Waals surface area contributed by atoms with Crippen molar-refractivity contribution in [2.45, 2.75) is 65.3 Å². The van der Waals surface area contributed by atoms with E-state index in [1.165, 1.54) is 11.1 Å². The Bertz CT molecular complexity index is 1050. The van der Waals surface area contributed by atoms with Crippen LogP contribution in [0.1, 0.15) is 71.2 Å². The molecule has 2 aromatic carbocycles. The zero-order chi connectivity index (χ0) is 22.1. The average molecular weight is 404 g/mol. The minimum atomic E-state index is -0.216. The first-order valence-electron chi connectivity index (χ1n) is 10.5. The Hall–Kier alpha value is -2.88. The maximum atomic E-state index is 12.8. The van der Waals surface area contributed by atoms with E-state index in [-0.39, 0.29) is 22.9 Å². The molecule has 2 N–H and O–H groups in total. The highest BCUT2D eigenvalue weighted by Crippen LogP contribution is 2.34. The van der Waals surface area contributed by atoms with Crippen LogP contribution in [0, 0.1) is 0 Å². The van der Waals surface area contributed by atoms with Gasteiger partial charge in [-0.15, -0.1) is 0 Å². The van der Waals surface area contributed by atoms with Gasteiger partial charge in [0, 0.05) is 23.2 Å². The van der Waals surface area contributed by atoms with Crippen LogP contribution >= 0.6 is 0 Å². The van der Waals surface area contributed by atoms with Gasteiger partial charge in [-0.3, -0.25) is 4.98 Å². The first-order chi connectivity index (χ1) is 14.0. The lowest BCUT2D eigenvalue weighted by Gasteiger charge is -2.30. The van der Waals surface area contributed by atoms with Crippen molar-refractivity contribution < 1.29 is 4.79 Å². The summed E-state index contributed by atoms with van der Waals surface area (Å²) in [5.41, 5.74) is 4.55. The summed E-state index contributed by atoms with van der Waals surface area (Å²) in [6.45, 7) is 15.4. The number of nitrogens with zero attached hydrogens (tertiary/aromatic N) is 1. The fraction of sp³-hybridized carbons (Fsp3) is 0.385. The number of fused-ring (bicyclic) bond motifs is 1. The molecule has 0 fully saturated rings. The van der Waals surface area contributed by atoms with Crippen LogP contribution in [0.15, 0.2) is 54.9 Å². The van der Waals surface area contributed by atoms with Crippen molar-refractivity contribution in [1.29, 1.82) is 0 Å². The summed E-state index contributed by atoms with van der Waals surface area (Å²) < 4.78 is 0. The van der Waals surface area contributed by atoms with E-state index in [2.05, 4.69) is 75.4 Å². The number of pyridine rings is 1. The first kappa shape index (κ1) is 21.8. The monoisotopic (exact) mass is 403 g/mol. The van der Waals surface area contributed by atoms with Gasteiger partial charge in [0.2, 0.25) is 0 Å². The summed E-state index contributed by atoms with van der Waals surface area (Å²) in [5.74, 6) is 0. The number of carbonyl (C=O) groups excluding carboxylic acids is 1. The fourth-order valence-corrected chi connectivity index (χ4v) is 3.71. The largest absolute Gasteiger partial charge is 0.331 e. The molecule has 0 aliphatic heterocycles. The van der Waals surface area contributed by atoms with Crippen LogP contribution in [-0.2, 0) is 10.8 Å². The number of hydrogen-bond donors (Lipinski definition) is 2. The lowest BCUT2D eigenvalue weighted by Crippen LogP contribution is -2.32. The van der Waals surface area contributed by atoms with Gasteiger partial charge < -0.3 is 10.6 Å². The molecule has 4 heteroatoms. The van der Waals surface area contributed by atoms with Gasteiger partial charge in [0.25, 0.3) is 0 Å². The molecular formula is C26H33N3O. The topological polar surface area (TPSA) is 54.0 Å². The maximum Gasteiger partial charge on any atom is 0.319 e. The average Bonchev–Trinajstić information content (AvgIpc) is 2.66. The van der Waals surface area contributed by atoms with Gasteiger partial charge in [-0.05, 0) is 46.6 Å². The van der Waals surface area contributed by atoms with Crippen molar-refractivity contribution in [2.24, 2.45) is 0 Å². The number of hydrogen-bond acceptors (Lipinski definition) is 2. The third-order valence-electron chi connectivity index (χ3n) is 5.47. The lowest BCUT2D eigenvalue weighted by molar-refractivity contribution is 0.249. The third-order valence-corrected chi connectivity index (χ3v) is 5.47. The zero-order valence-electron chi connectivity index (χ0n) is 19.1. The predicted octanol–water partition coefficient (Wildman–Crippen LogP) is 6.71. The SMILES string of the molecule is CC(NC(=O)Nc1cccc2cnccc12)c1ccc(C(C)(C)C)cc1C(C)(C)C. The van der Waals surface area contributed by atoms with E-state index in [0.29, 0.717) is 0 Å². The highest BCUT2D eigenvalue weighted by atomic mass is 16.2. The molecule has 1 aromatic heterocycles. The van der Waals surface area contributed by atoms with Crippen molar-refractivity contribution in [3.05, 3.63) is 71.5 Å². The second kappa shape index (κ2) is 8.10. The van der Waals surface area contributed by atoms with E-state index in [1.807, 2.05) is 31.2 Å². The van der Waals surface area contributed by atoms with Gasteiger partial charge in [0.05, 0.1) is 11.7 Å². The standard InChI is InChI=1S/C26H33N3O/c1-17(20-12-11-19(25(2,3)4)15-22(20)26(5,6)7)28-24(30)29-23-10-8-9-18-16-27-14-13-21(18)23/h8-17H,1-7H3,(H2,28,29,30). The molecule has 2 amide bonds. The molecule has 1 unspecified atom stereocenters. The summed E-state index contributed by atoms with van der Waals surface area (Å²) in [5, 5.41) is 8.08. The Morgan fingerprint density at radius 2 is 1.70 bits per heavy atom. The molecule has 3 rings (SSSR count). The summed E-state index contributed by atoms with van der Waals surface area (Å²) in [6, 6.07) is 14.0. The molecule has 0 saturated carbocycles. The van der Waals surface area contributed by atoms with Crippen molar-refractivity contribution in [2.75, 3.05) is 5.32 Å². The van der Waals surface area contributed by atoms with Gasteiger partial charge in [0.15, 0.2) is 0 Å². The van der Waals surface area contributed by atoms with E-state index in [4.69, 9.17) is 0 Å². The van der Waals surface area contributed by atoms with Crippen LogP contribution in [-0.4, -0.2) is 11.0 Å². The number of amides is 2. The number of urea groups is 1. The molecule has 0 aliphatic rings. The van der Waals surface area contributed by atoms with E-state index in [9.17, 15) is 4.79 Å². The van der Waals surface area contributed by atoms with Crippen LogP contribution in [0.5, 0.6) is 0 Å². The van der Waals surface area contributed by atoms with Crippen LogP contribution < -0.4 is 10.6 Å². The van der Waals surface area contributed by atoms with Crippen molar-refractivity contribution in [3.63, 3.8) is 0 Å². The highest BCUT2D eigenvalue weighted by molar-refractivity contribution is 6.01. The maximum absolute atomic E-state index is 12.8. The van der Waals surface area contributed by atoms with E-state index >= 15 is 0 Å². The van der Waals surface area contributed by atoms with Crippen molar-refractivity contribution in [1.82, 2.24) is 10.3 Å². The molecule has 30 heavy (non-hydrogen) atoms. The lowest BCUT2D eigenvalue weighted by atomic mass is 9.77. The Balaban J connectivity index is 1.84. The van der Waals surface area contributed by atoms with Gasteiger partial charge >= 0.3 is 6.03 Å². The third kappa shape index (κ3) is 4.81. The fourth-order valence-electron chi connectivity index (χ4n) is 3.71. The summed E-state index contributed by atoms with van der Waals surface area (Å²) in [7, 11) is 0. The van der Waals surface area contributed by atoms with Crippen LogP contribution in [0.2, 0.25) is 0 Å². The van der Waals surface area contributed by atoms with E-state index in [0.717, 1.165) is 22.0 Å². The molecule has 4 nitrogen and oxygen atoms in total. The summed E-state index contributed by atoms with van der Waals surface area (Å²) >= 11 is 0. The molecule has 3 aromatic rings. The number of aromatic nitrogens is 1. The molecule has 0 aliphatic carbocycles. The minimum absolute atomic E-state index is 0.0222. The molecular weight excluding hydrogens is 370 g/mol. The van der Waals surface area contributed by atoms with Crippen LogP contribution in [0.25, 0.3) is 10.8 Å². The number of rotatable bonds is 3. The second-order valence-electron chi connectivity index (χ2n) is 10.0. The van der Waals surface area contributed by atoms with Gasteiger partial charge in [0.1, 0.15) is 0 Å². The Kier molecular flexibility index (Phi) is 5.89. The molecule has 1 atom stereocenters. The molecule has 0 saturated heterocycles. The predicted molar refractivity (Wildman–Crippen MR) is 126 cm³/mol. The zero-order valence-corrected chi connectivity index (χ0v) is 19.1. The molecule has 0 radical (unpaired) electrons. The summed E-state index contributed by atoms with van der Waals surface area (Å²) in [4.78, 5) is 16.9. The highest BCUT2D eigenvalue weighted by Gasteiger charge is 2.25. The summed E-state index contributed by atoms with van der Waals surface area (Å²) in [6.07, 6.45) is 3.54. The van der Waals surface area contributed by atoms with E-state index in [1.54, 1.807) is 12.4 Å². The number of anilines is 1. The number of carbonyl (C=O) groups is 1. The quantitative estimate of drug-likeness (QED) is 0.510. The van der Waals surface area contributed by atoms with Crippen molar-refractivity contribution >= 4 is 22.5 Å². The van der Waals surface area contributed by atoms with Crippen LogP contribution in [0.4, 0.5) is 10.5 Å². The number of nitrogens with one attached hydrogen (secondary N) is 2. The van der Waals surface area contributed by atoms with Gasteiger partial charge in [-0.1, -0.05) is 71.9 Å². The van der Waals surface area contributed by atoms with Crippen molar-refractivity contribution in [3.8, 4) is 0 Å². The smallest absolute Gasteiger partial charge is 0.319 e.